The van der Waals surface area contributed by atoms with Crippen molar-refractivity contribution in [2.24, 2.45) is 4.99 Å². The number of carbonyl (C=O) groups excluding carboxylic acids is 2. The van der Waals surface area contributed by atoms with Gasteiger partial charge in [0.25, 0.3) is 11.8 Å². The molecule has 7 heteroatoms. The van der Waals surface area contributed by atoms with Gasteiger partial charge >= 0.3 is 0 Å². The third-order valence-electron chi connectivity index (χ3n) is 4.09. The highest BCUT2D eigenvalue weighted by molar-refractivity contribution is 6.39. The van der Waals surface area contributed by atoms with Crippen LogP contribution in [0, 0.1) is 0 Å². The molecule has 3 rings (SSSR count). The van der Waals surface area contributed by atoms with Crippen molar-refractivity contribution >= 4 is 23.3 Å². The molecule has 0 spiro atoms. The Labute approximate surface area is 152 Å². The summed E-state index contributed by atoms with van der Waals surface area (Å²) < 4.78 is 0. The lowest BCUT2D eigenvalue weighted by Gasteiger charge is -2.30. The van der Waals surface area contributed by atoms with E-state index in [2.05, 4.69) is 15.4 Å². The Hall–Kier alpha value is -3.22. The lowest BCUT2D eigenvalue weighted by Crippen LogP contribution is -2.56. The maximum absolute atomic E-state index is 12.8. The minimum Gasteiger partial charge on any atom is -0.336 e. The summed E-state index contributed by atoms with van der Waals surface area (Å²) in [6, 6.07) is 14.9. The lowest BCUT2D eigenvalue weighted by molar-refractivity contribution is -0.124. The maximum Gasteiger partial charge on any atom is 0.290 e. The van der Waals surface area contributed by atoms with Crippen LogP contribution in [0.25, 0.3) is 0 Å². The van der Waals surface area contributed by atoms with Crippen LogP contribution < -0.4 is 10.4 Å². The van der Waals surface area contributed by atoms with E-state index in [1.807, 2.05) is 43.3 Å². The molecule has 7 nitrogen and oxygen atoms in total. The number of anilines is 1. The van der Waals surface area contributed by atoms with E-state index >= 15 is 0 Å². The standard InChI is InChI=1S/C19H21N5O2/c1-2-23(13-11-15-8-6-7-12-20-15)19(26)18-21-14-17(25)24(22-18)16-9-4-3-5-10-16/h3-10,12H,2,11,13-14H2,1H3,(H,21,22). The van der Waals surface area contributed by atoms with E-state index in [0.29, 0.717) is 25.2 Å². The number of nitrogens with one attached hydrogen (secondary N) is 1. The molecule has 0 saturated carbocycles. The molecule has 0 bridgehead atoms. The summed E-state index contributed by atoms with van der Waals surface area (Å²) in [5.74, 6) is -0.252. The molecule has 26 heavy (non-hydrogen) atoms. The average Bonchev–Trinajstić information content (AvgIpc) is 2.70. The maximum atomic E-state index is 12.8. The second-order valence-corrected chi connectivity index (χ2v) is 5.80. The number of benzene rings is 1. The third-order valence-corrected chi connectivity index (χ3v) is 4.09. The quantitative estimate of drug-likeness (QED) is 0.854. The number of hydrogen-bond acceptors (Lipinski definition) is 5. The Kier molecular flexibility index (Phi) is 5.58. The van der Waals surface area contributed by atoms with E-state index in [0.717, 1.165) is 5.69 Å². The van der Waals surface area contributed by atoms with Crippen LogP contribution in [0.5, 0.6) is 0 Å². The van der Waals surface area contributed by atoms with Crippen LogP contribution in [0.15, 0.2) is 59.7 Å². The van der Waals surface area contributed by atoms with Gasteiger partial charge < -0.3 is 4.90 Å². The summed E-state index contributed by atoms with van der Waals surface area (Å²) in [6.45, 7) is 2.94. The molecule has 134 valence electrons. The van der Waals surface area contributed by atoms with Crippen LogP contribution in [0.3, 0.4) is 0 Å². The van der Waals surface area contributed by atoms with Crippen molar-refractivity contribution in [1.29, 1.82) is 0 Å². The molecule has 2 aromatic rings. The first kappa shape index (κ1) is 17.6. The second kappa shape index (κ2) is 8.24. The first-order valence-electron chi connectivity index (χ1n) is 8.57. The van der Waals surface area contributed by atoms with Gasteiger partial charge in [-0.05, 0) is 31.2 Å². The topological polar surface area (TPSA) is 77.9 Å². The monoisotopic (exact) mass is 351 g/mol. The molecule has 2 amide bonds. The molecule has 1 N–H and O–H groups in total. The SMILES string of the molecule is CCN(CCc1ccccn1)C(=O)C1=NCC(=O)N(c2ccccc2)N1. The zero-order chi connectivity index (χ0) is 18.4. The van der Waals surface area contributed by atoms with Crippen molar-refractivity contribution in [3.63, 3.8) is 0 Å². The number of rotatable bonds is 6. The normalized spacial score (nSPS) is 13.8. The van der Waals surface area contributed by atoms with Gasteiger partial charge in [-0.3, -0.25) is 25.0 Å². The van der Waals surface area contributed by atoms with Crippen LogP contribution in [0.4, 0.5) is 5.69 Å². The minimum atomic E-state index is -0.225. The zero-order valence-corrected chi connectivity index (χ0v) is 14.6. The molecule has 0 unspecified atom stereocenters. The number of amides is 2. The van der Waals surface area contributed by atoms with E-state index in [1.165, 1.54) is 5.01 Å². The van der Waals surface area contributed by atoms with E-state index < -0.39 is 0 Å². The molecule has 1 aromatic heterocycles. The first-order valence-corrected chi connectivity index (χ1v) is 8.57. The van der Waals surface area contributed by atoms with Crippen LogP contribution in [0.2, 0.25) is 0 Å². The van der Waals surface area contributed by atoms with Gasteiger partial charge in [0.1, 0.15) is 6.54 Å². The molecule has 1 aliphatic rings. The van der Waals surface area contributed by atoms with Crippen molar-refractivity contribution in [1.82, 2.24) is 15.3 Å². The second-order valence-electron chi connectivity index (χ2n) is 5.80. The van der Waals surface area contributed by atoms with E-state index in [-0.39, 0.29) is 24.2 Å². The van der Waals surface area contributed by atoms with Gasteiger partial charge in [0.2, 0.25) is 5.84 Å². The predicted molar refractivity (Wildman–Crippen MR) is 99.6 cm³/mol. The summed E-state index contributed by atoms with van der Waals surface area (Å²) in [5.41, 5.74) is 4.46. The minimum absolute atomic E-state index is 0.0548. The first-order chi connectivity index (χ1) is 12.7. The fourth-order valence-corrected chi connectivity index (χ4v) is 2.67. The molecule has 0 saturated heterocycles. The van der Waals surface area contributed by atoms with E-state index in [4.69, 9.17) is 0 Å². The number of para-hydroxylation sites is 1. The Morgan fingerprint density at radius 3 is 2.65 bits per heavy atom. The number of amidine groups is 1. The molecule has 1 aliphatic heterocycles. The number of aromatic nitrogens is 1. The molecular weight excluding hydrogens is 330 g/mol. The van der Waals surface area contributed by atoms with Crippen LogP contribution in [-0.2, 0) is 16.0 Å². The van der Waals surface area contributed by atoms with Crippen molar-refractivity contribution in [2.75, 3.05) is 24.6 Å². The summed E-state index contributed by atoms with van der Waals surface area (Å²) >= 11 is 0. The zero-order valence-electron chi connectivity index (χ0n) is 14.6. The number of likely N-dealkylation sites (N-methyl/N-ethyl adjacent to an activating group) is 1. The van der Waals surface area contributed by atoms with E-state index in [9.17, 15) is 9.59 Å². The summed E-state index contributed by atoms with van der Waals surface area (Å²) in [5, 5.41) is 1.37. The fourth-order valence-electron chi connectivity index (χ4n) is 2.67. The van der Waals surface area contributed by atoms with Gasteiger partial charge in [-0.25, -0.2) is 5.01 Å². The molecule has 0 aliphatic carbocycles. The Bertz CT molecular complexity index is 792. The van der Waals surface area contributed by atoms with Gasteiger partial charge in [-0.2, -0.15) is 0 Å². The van der Waals surface area contributed by atoms with Gasteiger partial charge in [0, 0.05) is 31.4 Å². The molecule has 0 atom stereocenters. The number of pyridine rings is 1. The highest BCUT2D eigenvalue weighted by Crippen LogP contribution is 2.13. The van der Waals surface area contributed by atoms with Gasteiger partial charge in [-0.1, -0.05) is 24.3 Å². The number of aliphatic imine (C=N–C) groups is 1. The van der Waals surface area contributed by atoms with Crippen molar-refractivity contribution in [2.45, 2.75) is 13.3 Å². The van der Waals surface area contributed by atoms with Crippen molar-refractivity contribution in [3.05, 3.63) is 60.4 Å². The molecule has 0 radical (unpaired) electrons. The molecule has 0 fully saturated rings. The van der Waals surface area contributed by atoms with Gasteiger partial charge in [-0.15, -0.1) is 0 Å². The molecule has 1 aromatic carbocycles. The smallest absolute Gasteiger partial charge is 0.290 e. The highest BCUT2D eigenvalue weighted by Gasteiger charge is 2.27. The summed E-state index contributed by atoms with van der Waals surface area (Å²) in [6.07, 6.45) is 2.40. The lowest BCUT2D eigenvalue weighted by atomic mass is 10.2. The largest absolute Gasteiger partial charge is 0.336 e. The van der Waals surface area contributed by atoms with Gasteiger partial charge in [0.05, 0.1) is 5.69 Å². The number of nitrogens with zero attached hydrogens (tertiary/aromatic N) is 4. The summed E-state index contributed by atoms with van der Waals surface area (Å²) in [7, 11) is 0. The van der Waals surface area contributed by atoms with Crippen molar-refractivity contribution < 1.29 is 9.59 Å². The van der Waals surface area contributed by atoms with Crippen molar-refractivity contribution in [3.8, 4) is 0 Å². The molecular formula is C19H21N5O2. The summed E-state index contributed by atoms with van der Waals surface area (Å²) in [4.78, 5) is 35.0. The predicted octanol–water partition coefficient (Wildman–Crippen LogP) is 1.42. The Morgan fingerprint density at radius 1 is 1.19 bits per heavy atom. The molecule has 2 heterocycles. The van der Waals surface area contributed by atoms with E-state index in [1.54, 1.807) is 23.2 Å². The average molecular weight is 351 g/mol. The van der Waals surface area contributed by atoms with Gasteiger partial charge in [0.15, 0.2) is 0 Å². The number of carbonyl (C=O) groups is 2. The number of hydrogen-bond donors (Lipinski definition) is 1. The Balaban J connectivity index is 1.68. The van der Waals surface area contributed by atoms with Crippen LogP contribution in [0.1, 0.15) is 12.6 Å². The number of hydrazine groups is 1. The van der Waals surface area contributed by atoms with Crippen LogP contribution in [-0.4, -0.2) is 47.2 Å². The fraction of sp³-hybridized carbons (Fsp3) is 0.263. The third kappa shape index (κ3) is 4.05. The highest BCUT2D eigenvalue weighted by atomic mass is 16.2. The Morgan fingerprint density at radius 2 is 1.96 bits per heavy atom. The van der Waals surface area contributed by atoms with Crippen LogP contribution >= 0.6 is 0 Å².